The van der Waals surface area contributed by atoms with E-state index in [-0.39, 0.29) is 11.5 Å². The lowest BCUT2D eigenvalue weighted by Gasteiger charge is -2.09. The van der Waals surface area contributed by atoms with Gasteiger partial charge >= 0.3 is 5.97 Å². The first-order valence-electron chi connectivity index (χ1n) is 6.28. The first-order valence-corrected chi connectivity index (χ1v) is 6.28. The number of carbonyl (C=O) groups excluding carboxylic acids is 1. The van der Waals surface area contributed by atoms with Crippen LogP contribution >= 0.6 is 0 Å². The molecule has 1 aromatic rings. The maximum atomic E-state index is 11.8. The van der Waals surface area contributed by atoms with Gasteiger partial charge in [0, 0.05) is 12.1 Å². The Bertz CT molecular complexity index is 433. The number of carboxylic acids is 1. The van der Waals surface area contributed by atoms with Gasteiger partial charge in [0.2, 0.25) is 5.91 Å². The molecule has 96 valence electrons. The van der Waals surface area contributed by atoms with Gasteiger partial charge in [0.15, 0.2) is 0 Å². The summed E-state index contributed by atoms with van der Waals surface area (Å²) in [5, 5.41) is 11.6. The molecule has 0 aromatic heterocycles. The molecular formula is C14H17NO3. The molecule has 4 heteroatoms. The number of carboxylic acid groups (broad SMARTS) is 1. The number of hydrogen-bond donors (Lipinski definition) is 2. The third kappa shape index (κ3) is 3.32. The lowest BCUT2D eigenvalue weighted by molar-refractivity contribution is -0.117. The molecule has 0 spiro atoms. The van der Waals surface area contributed by atoms with E-state index in [1.165, 1.54) is 25.0 Å². The van der Waals surface area contributed by atoms with Crippen molar-refractivity contribution in [1.82, 2.24) is 0 Å². The van der Waals surface area contributed by atoms with E-state index in [1.807, 2.05) is 0 Å². The number of nitrogens with one attached hydrogen (secondary N) is 1. The van der Waals surface area contributed by atoms with E-state index in [9.17, 15) is 9.59 Å². The van der Waals surface area contributed by atoms with Gasteiger partial charge in [0.25, 0.3) is 0 Å². The van der Waals surface area contributed by atoms with Crippen LogP contribution in [-0.4, -0.2) is 17.0 Å². The number of benzene rings is 1. The van der Waals surface area contributed by atoms with Crippen LogP contribution in [0.3, 0.4) is 0 Å². The molecule has 2 rings (SSSR count). The lowest BCUT2D eigenvalue weighted by Crippen LogP contribution is -2.15. The van der Waals surface area contributed by atoms with Gasteiger partial charge < -0.3 is 10.4 Å². The fourth-order valence-corrected chi connectivity index (χ4v) is 2.38. The van der Waals surface area contributed by atoms with Crippen molar-refractivity contribution in [3.8, 4) is 0 Å². The average molecular weight is 247 g/mol. The summed E-state index contributed by atoms with van der Waals surface area (Å²) in [6.45, 7) is 0. The topological polar surface area (TPSA) is 66.4 Å². The SMILES string of the molecule is O=C(CC1CCCC1)Nc1ccc(C(=O)O)cc1. The fraction of sp³-hybridized carbons (Fsp3) is 0.429. The molecule has 1 aliphatic rings. The second-order valence-electron chi connectivity index (χ2n) is 4.79. The van der Waals surface area contributed by atoms with Gasteiger partial charge in [-0.15, -0.1) is 0 Å². The van der Waals surface area contributed by atoms with Gasteiger partial charge in [-0.2, -0.15) is 0 Å². The fourth-order valence-electron chi connectivity index (χ4n) is 2.38. The number of anilines is 1. The normalized spacial score (nSPS) is 15.6. The Morgan fingerprint density at radius 1 is 1.17 bits per heavy atom. The van der Waals surface area contributed by atoms with Crippen LogP contribution in [0.5, 0.6) is 0 Å². The van der Waals surface area contributed by atoms with Crippen LogP contribution < -0.4 is 5.32 Å². The van der Waals surface area contributed by atoms with Crippen molar-refractivity contribution in [1.29, 1.82) is 0 Å². The Morgan fingerprint density at radius 3 is 2.33 bits per heavy atom. The minimum atomic E-state index is -0.959. The zero-order valence-electron chi connectivity index (χ0n) is 10.2. The third-order valence-corrected chi connectivity index (χ3v) is 3.36. The second kappa shape index (κ2) is 5.67. The predicted molar refractivity (Wildman–Crippen MR) is 68.6 cm³/mol. The van der Waals surface area contributed by atoms with Gasteiger partial charge in [0.1, 0.15) is 0 Å². The summed E-state index contributed by atoms with van der Waals surface area (Å²) >= 11 is 0. The van der Waals surface area contributed by atoms with Crippen LogP contribution in [0.2, 0.25) is 0 Å². The quantitative estimate of drug-likeness (QED) is 0.859. The summed E-state index contributed by atoms with van der Waals surface area (Å²) in [4.78, 5) is 22.4. The van der Waals surface area contributed by atoms with Crippen molar-refractivity contribution < 1.29 is 14.7 Å². The molecule has 0 bridgehead atoms. The molecular weight excluding hydrogens is 230 g/mol. The minimum absolute atomic E-state index is 0.0185. The summed E-state index contributed by atoms with van der Waals surface area (Å²) < 4.78 is 0. The Kier molecular flexibility index (Phi) is 3.97. The molecule has 1 amide bonds. The molecule has 0 aliphatic heterocycles. The Balaban J connectivity index is 1.88. The molecule has 0 unspecified atom stereocenters. The molecule has 0 heterocycles. The van der Waals surface area contributed by atoms with Crippen molar-refractivity contribution in [2.45, 2.75) is 32.1 Å². The average Bonchev–Trinajstić information content (AvgIpc) is 2.82. The molecule has 0 saturated heterocycles. The monoisotopic (exact) mass is 247 g/mol. The smallest absolute Gasteiger partial charge is 0.335 e. The van der Waals surface area contributed by atoms with Crippen molar-refractivity contribution in [2.75, 3.05) is 5.32 Å². The Hall–Kier alpha value is -1.84. The molecule has 18 heavy (non-hydrogen) atoms. The predicted octanol–water partition coefficient (Wildman–Crippen LogP) is 2.90. The largest absolute Gasteiger partial charge is 0.478 e. The lowest BCUT2D eigenvalue weighted by atomic mass is 10.0. The van der Waals surface area contributed by atoms with Gasteiger partial charge in [-0.05, 0) is 43.0 Å². The van der Waals surface area contributed by atoms with Gasteiger partial charge in [-0.25, -0.2) is 4.79 Å². The van der Waals surface area contributed by atoms with Crippen LogP contribution in [0.4, 0.5) is 5.69 Å². The van der Waals surface area contributed by atoms with Gasteiger partial charge in [-0.3, -0.25) is 4.79 Å². The Labute approximate surface area is 106 Å². The zero-order valence-corrected chi connectivity index (χ0v) is 10.2. The van der Waals surface area contributed by atoms with Crippen LogP contribution in [-0.2, 0) is 4.79 Å². The van der Waals surface area contributed by atoms with Crippen LogP contribution in [0.15, 0.2) is 24.3 Å². The van der Waals surface area contributed by atoms with E-state index in [2.05, 4.69) is 5.32 Å². The van der Waals surface area contributed by atoms with E-state index < -0.39 is 5.97 Å². The number of rotatable bonds is 4. The summed E-state index contributed by atoms with van der Waals surface area (Å²) in [6, 6.07) is 6.23. The molecule has 1 fully saturated rings. The van der Waals surface area contributed by atoms with Gasteiger partial charge in [0.05, 0.1) is 5.56 Å². The number of carbonyl (C=O) groups is 2. The highest BCUT2D eigenvalue weighted by molar-refractivity contribution is 5.92. The molecule has 1 aromatic carbocycles. The molecule has 0 atom stereocenters. The van der Waals surface area contributed by atoms with Crippen molar-refractivity contribution in [2.24, 2.45) is 5.92 Å². The number of aromatic carboxylic acids is 1. The van der Waals surface area contributed by atoms with Crippen LogP contribution in [0.1, 0.15) is 42.5 Å². The number of amides is 1. The summed E-state index contributed by atoms with van der Waals surface area (Å²) in [7, 11) is 0. The van der Waals surface area contributed by atoms with Gasteiger partial charge in [-0.1, -0.05) is 12.8 Å². The first-order chi connectivity index (χ1) is 8.65. The van der Waals surface area contributed by atoms with Crippen molar-refractivity contribution >= 4 is 17.6 Å². The van der Waals surface area contributed by atoms with E-state index >= 15 is 0 Å². The Morgan fingerprint density at radius 2 is 1.78 bits per heavy atom. The van der Waals surface area contributed by atoms with Crippen molar-refractivity contribution in [3.63, 3.8) is 0 Å². The molecule has 1 saturated carbocycles. The standard InChI is InChI=1S/C14H17NO3/c16-13(9-10-3-1-2-4-10)15-12-7-5-11(6-8-12)14(17)18/h5-8,10H,1-4,9H2,(H,15,16)(H,17,18). The molecule has 1 aliphatic carbocycles. The highest BCUT2D eigenvalue weighted by Gasteiger charge is 2.18. The van der Waals surface area contributed by atoms with E-state index in [0.29, 0.717) is 18.0 Å². The van der Waals surface area contributed by atoms with Crippen LogP contribution in [0, 0.1) is 5.92 Å². The van der Waals surface area contributed by atoms with E-state index in [0.717, 1.165) is 12.8 Å². The molecule has 4 nitrogen and oxygen atoms in total. The minimum Gasteiger partial charge on any atom is -0.478 e. The van der Waals surface area contributed by atoms with E-state index in [4.69, 9.17) is 5.11 Å². The highest BCUT2D eigenvalue weighted by Crippen LogP contribution is 2.27. The second-order valence-corrected chi connectivity index (χ2v) is 4.79. The first kappa shape index (κ1) is 12.6. The van der Waals surface area contributed by atoms with Crippen LogP contribution in [0.25, 0.3) is 0 Å². The van der Waals surface area contributed by atoms with Crippen molar-refractivity contribution in [3.05, 3.63) is 29.8 Å². The zero-order chi connectivity index (χ0) is 13.0. The van der Waals surface area contributed by atoms with E-state index in [1.54, 1.807) is 12.1 Å². The maximum absolute atomic E-state index is 11.8. The summed E-state index contributed by atoms with van der Waals surface area (Å²) in [6.07, 6.45) is 5.31. The summed E-state index contributed by atoms with van der Waals surface area (Å²) in [5.74, 6) is -0.424. The highest BCUT2D eigenvalue weighted by atomic mass is 16.4. The third-order valence-electron chi connectivity index (χ3n) is 3.36. The maximum Gasteiger partial charge on any atom is 0.335 e. The summed E-state index contributed by atoms with van der Waals surface area (Å²) in [5.41, 5.74) is 0.881. The molecule has 2 N–H and O–H groups in total. The molecule has 0 radical (unpaired) electrons. The number of hydrogen-bond acceptors (Lipinski definition) is 2.